The second kappa shape index (κ2) is 7.53. The molecule has 0 radical (unpaired) electrons. The van der Waals surface area contributed by atoms with Gasteiger partial charge in [-0.3, -0.25) is 10.1 Å². The maximum Gasteiger partial charge on any atom is 0.365 e. The number of carbonyl (C=O) groups excluding carboxylic acids is 1. The summed E-state index contributed by atoms with van der Waals surface area (Å²) in [6, 6.07) is 15.1. The van der Waals surface area contributed by atoms with Crippen molar-refractivity contribution in [3.8, 4) is 0 Å². The Balaban J connectivity index is 1.71. The third-order valence-corrected chi connectivity index (χ3v) is 3.92. The molecule has 0 unspecified atom stereocenters. The highest BCUT2D eigenvalue weighted by molar-refractivity contribution is 6.05. The zero-order chi connectivity index (χ0) is 17.6. The number of non-ortho nitro benzene ring substituents is 1. The number of allylic oxidation sites excluding steroid dienone is 1. The molecule has 0 aliphatic heterocycles. The molecule has 0 spiro atoms. The first-order valence-corrected chi connectivity index (χ1v) is 7.92. The SMILES string of the molecule is O=C(O/N=C1\CCC\C1=C\c1ccccc1)c1ccc([N+](=O)[O-])cc1. The van der Waals surface area contributed by atoms with Crippen LogP contribution < -0.4 is 0 Å². The number of hydrogen-bond donors (Lipinski definition) is 0. The highest BCUT2D eigenvalue weighted by Gasteiger charge is 2.17. The average molecular weight is 336 g/mol. The molecule has 1 aliphatic carbocycles. The number of nitrogens with zero attached hydrogens (tertiary/aromatic N) is 2. The van der Waals surface area contributed by atoms with Crippen molar-refractivity contribution in [2.75, 3.05) is 0 Å². The lowest BCUT2D eigenvalue weighted by Crippen LogP contribution is -2.04. The van der Waals surface area contributed by atoms with Crippen LogP contribution in [-0.4, -0.2) is 16.6 Å². The molecular weight excluding hydrogens is 320 g/mol. The van der Waals surface area contributed by atoms with E-state index in [0.29, 0.717) is 0 Å². The number of hydrogen-bond acceptors (Lipinski definition) is 5. The number of rotatable bonds is 4. The van der Waals surface area contributed by atoms with E-state index < -0.39 is 10.9 Å². The van der Waals surface area contributed by atoms with Gasteiger partial charge in [-0.05, 0) is 48.6 Å². The highest BCUT2D eigenvalue weighted by atomic mass is 16.7. The van der Waals surface area contributed by atoms with E-state index in [-0.39, 0.29) is 11.3 Å². The van der Waals surface area contributed by atoms with E-state index >= 15 is 0 Å². The Morgan fingerprint density at radius 1 is 1.08 bits per heavy atom. The quantitative estimate of drug-likeness (QED) is 0.471. The molecule has 126 valence electrons. The number of carbonyl (C=O) groups is 1. The zero-order valence-electron chi connectivity index (χ0n) is 13.4. The number of benzene rings is 2. The van der Waals surface area contributed by atoms with Crippen LogP contribution in [0.3, 0.4) is 0 Å². The van der Waals surface area contributed by atoms with Gasteiger partial charge >= 0.3 is 5.97 Å². The summed E-state index contributed by atoms with van der Waals surface area (Å²) in [4.78, 5) is 27.2. The van der Waals surface area contributed by atoms with Crippen LogP contribution in [0.15, 0.2) is 65.3 Å². The largest absolute Gasteiger partial charge is 0.365 e. The average Bonchev–Trinajstić information content (AvgIpc) is 3.07. The summed E-state index contributed by atoms with van der Waals surface area (Å²) >= 11 is 0. The van der Waals surface area contributed by atoms with Gasteiger partial charge in [-0.15, -0.1) is 0 Å². The minimum Gasteiger partial charge on any atom is -0.313 e. The number of oxime groups is 1. The molecular formula is C19H16N2O4. The van der Waals surface area contributed by atoms with Crippen molar-refractivity contribution < 1.29 is 14.6 Å². The van der Waals surface area contributed by atoms with E-state index in [4.69, 9.17) is 4.84 Å². The van der Waals surface area contributed by atoms with Gasteiger partial charge in [0.05, 0.1) is 16.2 Å². The normalized spacial score (nSPS) is 17.0. The lowest BCUT2D eigenvalue weighted by Gasteiger charge is -2.02. The van der Waals surface area contributed by atoms with E-state index in [1.54, 1.807) is 0 Å². The minimum atomic E-state index is -0.631. The zero-order valence-corrected chi connectivity index (χ0v) is 13.4. The van der Waals surface area contributed by atoms with Crippen LogP contribution in [0.2, 0.25) is 0 Å². The topological polar surface area (TPSA) is 81.8 Å². The Hall–Kier alpha value is -3.28. The predicted molar refractivity (Wildman–Crippen MR) is 94.2 cm³/mol. The molecule has 25 heavy (non-hydrogen) atoms. The molecule has 3 rings (SSSR count). The van der Waals surface area contributed by atoms with Gasteiger partial charge in [0.15, 0.2) is 0 Å². The van der Waals surface area contributed by atoms with E-state index in [9.17, 15) is 14.9 Å². The van der Waals surface area contributed by atoms with Crippen LogP contribution >= 0.6 is 0 Å². The van der Waals surface area contributed by atoms with Gasteiger partial charge in [-0.25, -0.2) is 4.79 Å². The third kappa shape index (κ3) is 4.17. The molecule has 0 aromatic heterocycles. The molecule has 6 heteroatoms. The summed E-state index contributed by atoms with van der Waals surface area (Å²) in [6.07, 6.45) is 4.66. The third-order valence-electron chi connectivity index (χ3n) is 3.92. The van der Waals surface area contributed by atoms with E-state index in [2.05, 4.69) is 5.16 Å². The maximum absolute atomic E-state index is 12.0. The van der Waals surface area contributed by atoms with E-state index in [1.807, 2.05) is 36.4 Å². The summed E-state index contributed by atoms with van der Waals surface area (Å²) in [6.45, 7) is 0. The van der Waals surface area contributed by atoms with E-state index in [1.165, 1.54) is 24.3 Å². The monoisotopic (exact) mass is 336 g/mol. The standard InChI is InChI=1S/C19H16N2O4/c22-19(15-9-11-17(12-10-15)21(23)24)25-20-18-8-4-7-16(18)13-14-5-2-1-3-6-14/h1-3,5-6,9-13H,4,7-8H2/b16-13-,20-18+. The second-order valence-electron chi connectivity index (χ2n) is 5.65. The van der Waals surface area contributed by atoms with Crippen molar-refractivity contribution >= 4 is 23.4 Å². The molecule has 0 heterocycles. The van der Waals surface area contributed by atoms with Crippen LogP contribution in [0, 0.1) is 10.1 Å². The molecule has 2 aromatic rings. The Labute approximate surface area is 144 Å². The molecule has 0 bridgehead atoms. The molecule has 0 saturated heterocycles. The summed E-state index contributed by atoms with van der Waals surface area (Å²) in [5, 5.41) is 14.6. The Bertz CT molecular complexity index is 839. The number of nitro benzene ring substituents is 1. The molecule has 0 atom stereocenters. The summed E-state index contributed by atoms with van der Waals surface area (Å²) in [7, 11) is 0. The van der Waals surface area contributed by atoms with Gasteiger partial charge in [-0.1, -0.05) is 35.5 Å². The fourth-order valence-electron chi connectivity index (χ4n) is 2.63. The highest BCUT2D eigenvalue weighted by Crippen LogP contribution is 2.24. The van der Waals surface area contributed by atoms with Gasteiger partial charge in [0.2, 0.25) is 0 Å². The number of nitro groups is 1. The van der Waals surface area contributed by atoms with Crippen molar-refractivity contribution in [2.24, 2.45) is 5.16 Å². The van der Waals surface area contributed by atoms with Crippen molar-refractivity contribution in [3.63, 3.8) is 0 Å². The van der Waals surface area contributed by atoms with Crippen molar-refractivity contribution in [1.82, 2.24) is 0 Å². The van der Waals surface area contributed by atoms with E-state index in [0.717, 1.165) is 36.1 Å². The Morgan fingerprint density at radius 2 is 1.80 bits per heavy atom. The van der Waals surface area contributed by atoms with Crippen molar-refractivity contribution in [2.45, 2.75) is 19.3 Å². The molecule has 1 saturated carbocycles. The van der Waals surface area contributed by atoms with Crippen LogP contribution in [0.4, 0.5) is 5.69 Å². The molecule has 2 aromatic carbocycles. The van der Waals surface area contributed by atoms with Crippen LogP contribution in [-0.2, 0) is 4.84 Å². The van der Waals surface area contributed by atoms with Crippen molar-refractivity contribution in [3.05, 3.63) is 81.4 Å². The smallest absolute Gasteiger partial charge is 0.313 e. The molecule has 0 N–H and O–H groups in total. The summed E-state index contributed by atoms with van der Waals surface area (Å²) in [5.74, 6) is -0.631. The first-order chi connectivity index (χ1) is 12.1. The molecule has 0 amide bonds. The lowest BCUT2D eigenvalue weighted by atomic mass is 10.1. The molecule has 1 fully saturated rings. The first-order valence-electron chi connectivity index (χ1n) is 7.92. The van der Waals surface area contributed by atoms with Gasteiger partial charge < -0.3 is 4.84 Å². The first kappa shape index (κ1) is 16.6. The lowest BCUT2D eigenvalue weighted by molar-refractivity contribution is -0.384. The van der Waals surface area contributed by atoms with Crippen LogP contribution in [0.25, 0.3) is 6.08 Å². The minimum absolute atomic E-state index is 0.0771. The Morgan fingerprint density at radius 3 is 2.48 bits per heavy atom. The maximum atomic E-state index is 12.0. The van der Waals surface area contributed by atoms with Crippen molar-refractivity contribution in [1.29, 1.82) is 0 Å². The fraction of sp³-hybridized carbons (Fsp3) is 0.158. The van der Waals surface area contributed by atoms with Gasteiger partial charge in [0, 0.05) is 12.1 Å². The van der Waals surface area contributed by atoms with Crippen LogP contribution in [0.5, 0.6) is 0 Å². The Kier molecular flexibility index (Phi) is 4.99. The van der Waals surface area contributed by atoms with Gasteiger partial charge in [-0.2, -0.15) is 0 Å². The predicted octanol–water partition coefficient (Wildman–Crippen LogP) is 4.38. The van der Waals surface area contributed by atoms with Gasteiger partial charge in [0.1, 0.15) is 0 Å². The van der Waals surface area contributed by atoms with Gasteiger partial charge in [0.25, 0.3) is 5.69 Å². The molecule has 6 nitrogen and oxygen atoms in total. The summed E-state index contributed by atoms with van der Waals surface area (Å²) < 4.78 is 0. The fourth-order valence-corrected chi connectivity index (χ4v) is 2.63. The molecule has 1 aliphatic rings. The summed E-state index contributed by atoms with van der Waals surface area (Å²) in [5.41, 5.74) is 3.05. The second-order valence-corrected chi connectivity index (χ2v) is 5.65. The van der Waals surface area contributed by atoms with Crippen LogP contribution in [0.1, 0.15) is 35.2 Å².